The van der Waals surface area contributed by atoms with Gasteiger partial charge in [0.05, 0.1) is 6.04 Å². The second-order valence-electron chi connectivity index (χ2n) is 4.85. The highest BCUT2D eigenvalue weighted by Crippen LogP contribution is 2.30. The first-order valence-corrected chi connectivity index (χ1v) is 7.77. The Balaban J connectivity index is 0.00000128. The van der Waals surface area contributed by atoms with Gasteiger partial charge in [-0.1, -0.05) is 32.1 Å². The molecule has 1 fully saturated rings. The number of rotatable bonds is 6. The summed E-state index contributed by atoms with van der Waals surface area (Å²) < 4.78 is 0. The largest absolute Gasteiger partial charge is 0.306 e. The lowest BCUT2D eigenvalue weighted by Crippen LogP contribution is -2.24. The maximum Gasteiger partial charge on any atom is 0.0574 e. The first-order chi connectivity index (χ1) is 9.85. The van der Waals surface area contributed by atoms with Crippen LogP contribution in [-0.4, -0.2) is 11.5 Å². The van der Waals surface area contributed by atoms with Gasteiger partial charge in [-0.3, -0.25) is 4.98 Å². The van der Waals surface area contributed by atoms with Gasteiger partial charge in [-0.2, -0.15) is 0 Å². The van der Waals surface area contributed by atoms with Gasteiger partial charge in [-0.05, 0) is 62.4 Å². The van der Waals surface area contributed by atoms with E-state index in [0.29, 0.717) is 0 Å². The first kappa shape index (κ1) is 16.6. The van der Waals surface area contributed by atoms with Gasteiger partial charge < -0.3 is 5.32 Å². The van der Waals surface area contributed by atoms with E-state index in [1.165, 1.54) is 24.0 Å². The van der Waals surface area contributed by atoms with Crippen LogP contribution in [0.5, 0.6) is 0 Å². The molecule has 1 aliphatic rings. The highest BCUT2D eigenvalue weighted by atomic mass is 14.9. The Hall–Kier alpha value is -1.41. The lowest BCUT2D eigenvalue weighted by Gasteiger charge is -2.20. The Kier molecular flexibility index (Phi) is 7.89. The molecule has 1 saturated carbocycles. The minimum absolute atomic E-state index is 0. The van der Waals surface area contributed by atoms with Gasteiger partial charge in [0.1, 0.15) is 0 Å². The van der Waals surface area contributed by atoms with E-state index in [9.17, 15) is 0 Å². The molecular weight excluding hydrogens is 244 g/mol. The third-order valence-corrected chi connectivity index (χ3v) is 3.37. The zero-order valence-corrected chi connectivity index (χ0v) is 13.3. The highest BCUT2D eigenvalue weighted by molar-refractivity contribution is 5.33. The summed E-state index contributed by atoms with van der Waals surface area (Å²) in [6.45, 7) is 9.28. The molecule has 0 saturated heterocycles. The highest BCUT2D eigenvalue weighted by Gasteiger charge is 2.23. The van der Waals surface area contributed by atoms with E-state index in [2.05, 4.69) is 54.5 Å². The molecular formula is C18H30N2. The van der Waals surface area contributed by atoms with Crippen molar-refractivity contribution in [1.29, 1.82) is 0 Å². The summed E-state index contributed by atoms with van der Waals surface area (Å²) >= 11 is 0. The van der Waals surface area contributed by atoms with E-state index in [1.54, 1.807) is 0 Å². The van der Waals surface area contributed by atoms with Crippen LogP contribution in [0.15, 0.2) is 48.3 Å². The minimum Gasteiger partial charge on any atom is -0.306 e. The summed E-state index contributed by atoms with van der Waals surface area (Å²) in [7, 11) is 0. The van der Waals surface area contributed by atoms with Gasteiger partial charge in [0, 0.05) is 13.8 Å². The van der Waals surface area contributed by atoms with Crippen molar-refractivity contribution in [2.45, 2.75) is 46.6 Å². The van der Waals surface area contributed by atoms with Crippen molar-refractivity contribution in [2.24, 2.45) is 5.92 Å². The van der Waals surface area contributed by atoms with Crippen LogP contribution in [0.25, 0.3) is 0 Å². The average Bonchev–Trinajstić information content (AvgIpc) is 3.34. The van der Waals surface area contributed by atoms with Gasteiger partial charge in [-0.15, -0.1) is 0 Å². The van der Waals surface area contributed by atoms with Crippen LogP contribution in [0, 0.1) is 5.92 Å². The molecule has 2 heteroatoms. The van der Waals surface area contributed by atoms with Crippen LogP contribution >= 0.6 is 0 Å². The third-order valence-electron chi connectivity index (χ3n) is 3.37. The normalized spacial score (nSPS) is 16.7. The predicted octanol–water partition coefficient (Wildman–Crippen LogP) is 4.92. The number of pyridine rings is 1. The molecule has 1 aliphatic carbocycles. The van der Waals surface area contributed by atoms with Crippen molar-refractivity contribution in [2.75, 3.05) is 6.54 Å². The Morgan fingerprint density at radius 2 is 2.00 bits per heavy atom. The van der Waals surface area contributed by atoms with Crippen LogP contribution in [0.4, 0.5) is 0 Å². The SMILES string of the molecule is C/C=C/C(=C\C)C(NCC1CC1)c1ccncc1.CC.[HH]. The van der Waals surface area contributed by atoms with Gasteiger partial charge in [0.15, 0.2) is 0 Å². The van der Waals surface area contributed by atoms with Gasteiger partial charge in [-0.25, -0.2) is 0 Å². The molecule has 112 valence electrons. The molecule has 2 rings (SSSR count). The van der Waals surface area contributed by atoms with E-state index in [0.717, 1.165) is 12.5 Å². The first-order valence-electron chi connectivity index (χ1n) is 7.77. The minimum atomic E-state index is 0. The molecule has 20 heavy (non-hydrogen) atoms. The quantitative estimate of drug-likeness (QED) is 0.745. The predicted molar refractivity (Wildman–Crippen MR) is 89.7 cm³/mol. The molecule has 0 aromatic carbocycles. The number of hydrogen-bond acceptors (Lipinski definition) is 2. The van der Waals surface area contributed by atoms with Gasteiger partial charge in [0.2, 0.25) is 0 Å². The second kappa shape index (κ2) is 9.49. The summed E-state index contributed by atoms with van der Waals surface area (Å²) in [6.07, 6.45) is 13.0. The van der Waals surface area contributed by atoms with Gasteiger partial charge in [0.25, 0.3) is 0 Å². The van der Waals surface area contributed by atoms with E-state index in [1.807, 2.05) is 26.2 Å². The average molecular weight is 274 g/mol. The monoisotopic (exact) mass is 274 g/mol. The Labute approximate surface area is 125 Å². The van der Waals surface area contributed by atoms with Crippen LogP contribution in [-0.2, 0) is 0 Å². The Morgan fingerprint density at radius 3 is 2.50 bits per heavy atom. The summed E-state index contributed by atoms with van der Waals surface area (Å²) in [4.78, 5) is 4.10. The molecule has 0 bridgehead atoms. The summed E-state index contributed by atoms with van der Waals surface area (Å²) in [5.74, 6) is 0.887. The van der Waals surface area contributed by atoms with E-state index in [4.69, 9.17) is 0 Å². The number of nitrogens with zero attached hydrogens (tertiary/aromatic N) is 1. The maximum atomic E-state index is 4.10. The van der Waals surface area contributed by atoms with Gasteiger partial charge >= 0.3 is 0 Å². The molecule has 1 aromatic heterocycles. The fraction of sp³-hybridized carbons (Fsp3) is 0.500. The van der Waals surface area contributed by atoms with Crippen molar-refractivity contribution >= 4 is 0 Å². The molecule has 1 unspecified atom stereocenters. The Morgan fingerprint density at radius 1 is 1.35 bits per heavy atom. The molecule has 0 amide bonds. The molecule has 1 aromatic rings. The number of hydrogen-bond donors (Lipinski definition) is 1. The van der Waals surface area contributed by atoms with E-state index < -0.39 is 0 Å². The summed E-state index contributed by atoms with van der Waals surface area (Å²) in [6, 6.07) is 4.48. The van der Waals surface area contributed by atoms with E-state index in [-0.39, 0.29) is 7.47 Å². The van der Waals surface area contributed by atoms with E-state index >= 15 is 0 Å². The van der Waals surface area contributed by atoms with Crippen molar-refractivity contribution in [3.63, 3.8) is 0 Å². The van der Waals surface area contributed by atoms with Crippen LogP contribution in [0.3, 0.4) is 0 Å². The molecule has 0 radical (unpaired) electrons. The fourth-order valence-electron chi connectivity index (χ4n) is 2.14. The molecule has 1 atom stereocenters. The standard InChI is InChI=1S/C16H22N2.C2H6.H2/c1-3-5-14(4-2)16(18-12-13-6-7-13)15-8-10-17-11-9-15;1-2;/h3-5,8-11,13,16,18H,6-7,12H2,1-2H3;1-2H3;1H/b5-3+,14-4+;;. The molecule has 1 N–H and O–H groups in total. The lowest BCUT2D eigenvalue weighted by atomic mass is 9.98. The number of allylic oxidation sites excluding steroid dienone is 2. The van der Waals surface area contributed by atoms with Crippen molar-refractivity contribution in [3.8, 4) is 0 Å². The number of nitrogens with one attached hydrogen (secondary N) is 1. The van der Waals surface area contributed by atoms with Crippen LogP contribution in [0.1, 0.15) is 53.6 Å². The van der Waals surface area contributed by atoms with Crippen molar-refractivity contribution in [3.05, 3.63) is 53.9 Å². The molecule has 0 spiro atoms. The summed E-state index contributed by atoms with van der Waals surface area (Å²) in [5.41, 5.74) is 2.61. The van der Waals surface area contributed by atoms with Crippen LogP contribution in [0.2, 0.25) is 0 Å². The summed E-state index contributed by atoms with van der Waals surface area (Å²) in [5, 5.41) is 3.69. The Bertz CT molecular complexity index is 422. The van der Waals surface area contributed by atoms with Crippen molar-refractivity contribution < 1.29 is 1.43 Å². The molecule has 1 heterocycles. The zero-order chi connectivity index (χ0) is 14.8. The lowest BCUT2D eigenvalue weighted by molar-refractivity contribution is 0.572. The topological polar surface area (TPSA) is 24.9 Å². The maximum absolute atomic E-state index is 4.10. The third kappa shape index (κ3) is 5.30. The fourth-order valence-corrected chi connectivity index (χ4v) is 2.14. The molecule has 2 nitrogen and oxygen atoms in total. The zero-order valence-electron chi connectivity index (χ0n) is 13.3. The number of aromatic nitrogens is 1. The smallest absolute Gasteiger partial charge is 0.0574 e. The van der Waals surface area contributed by atoms with Crippen LogP contribution < -0.4 is 5.32 Å². The van der Waals surface area contributed by atoms with Crippen molar-refractivity contribution in [1.82, 2.24) is 10.3 Å². The molecule has 0 aliphatic heterocycles. The second-order valence-corrected chi connectivity index (χ2v) is 4.85.